The maximum absolute atomic E-state index is 12.5. The van der Waals surface area contributed by atoms with Crippen molar-refractivity contribution >= 4 is 58.0 Å². The standard InChI is InChI=1S/C20H15ClN4O5S2/c1-3-31-20-24-19(32-25-20)23-17(26)12(10-22)7-11-8-13(21)16(15(9-11)28-2)30-18(27)14-5-4-6-29-14/h4-9H,3H2,1-2H3,(H,23,24,25,26)/b12-7-. The van der Waals surface area contributed by atoms with E-state index in [1.807, 2.05) is 13.0 Å². The van der Waals surface area contributed by atoms with Gasteiger partial charge in [0.1, 0.15) is 11.6 Å². The Morgan fingerprint density at radius 3 is 2.91 bits per heavy atom. The van der Waals surface area contributed by atoms with Gasteiger partial charge in [-0.25, -0.2) is 4.79 Å². The van der Waals surface area contributed by atoms with E-state index >= 15 is 0 Å². The Kier molecular flexibility index (Phi) is 7.88. The molecule has 32 heavy (non-hydrogen) atoms. The van der Waals surface area contributed by atoms with Crippen LogP contribution in [0.1, 0.15) is 23.0 Å². The first-order valence-corrected chi connectivity index (χ1v) is 11.1. The van der Waals surface area contributed by atoms with Crippen molar-refractivity contribution < 1.29 is 23.5 Å². The molecule has 0 radical (unpaired) electrons. The minimum Gasteiger partial charge on any atom is -0.493 e. The van der Waals surface area contributed by atoms with E-state index in [1.54, 1.807) is 6.07 Å². The number of hydrogen-bond acceptors (Lipinski definition) is 10. The molecule has 3 rings (SSSR count). The van der Waals surface area contributed by atoms with Gasteiger partial charge in [0.15, 0.2) is 11.5 Å². The summed E-state index contributed by atoms with van der Waals surface area (Å²) >= 11 is 8.72. The van der Waals surface area contributed by atoms with Gasteiger partial charge >= 0.3 is 5.97 Å². The Bertz CT molecular complexity index is 1200. The molecule has 9 nitrogen and oxygen atoms in total. The number of halogens is 1. The summed E-state index contributed by atoms with van der Waals surface area (Å²) in [4.78, 5) is 28.8. The van der Waals surface area contributed by atoms with Crippen LogP contribution >= 0.6 is 34.9 Å². The molecule has 164 valence electrons. The first-order chi connectivity index (χ1) is 15.4. The van der Waals surface area contributed by atoms with Crippen molar-refractivity contribution in [2.75, 3.05) is 18.2 Å². The first kappa shape index (κ1) is 23.3. The van der Waals surface area contributed by atoms with Crippen molar-refractivity contribution in [2.24, 2.45) is 0 Å². The highest BCUT2D eigenvalue weighted by Crippen LogP contribution is 2.37. The number of furan rings is 1. The molecule has 0 saturated carbocycles. The third-order valence-electron chi connectivity index (χ3n) is 3.75. The van der Waals surface area contributed by atoms with Crippen molar-refractivity contribution in [2.45, 2.75) is 12.1 Å². The van der Waals surface area contributed by atoms with E-state index in [0.717, 1.165) is 17.3 Å². The Labute approximate surface area is 196 Å². The van der Waals surface area contributed by atoms with Crippen molar-refractivity contribution in [1.29, 1.82) is 5.26 Å². The van der Waals surface area contributed by atoms with Gasteiger partial charge in [-0.3, -0.25) is 10.1 Å². The number of amides is 1. The fourth-order valence-corrected chi connectivity index (χ4v) is 3.91. The fraction of sp³-hybridized carbons (Fsp3) is 0.150. The molecule has 0 atom stereocenters. The van der Waals surface area contributed by atoms with E-state index in [1.165, 1.54) is 49.4 Å². The number of carbonyl (C=O) groups excluding carboxylic acids is 2. The SMILES string of the molecule is CCSc1nsc(NC(=O)/C(C#N)=C\c2cc(Cl)c(OC(=O)c3ccco3)c(OC)c2)n1. The average Bonchev–Trinajstić information content (AvgIpc) is 3.46. The number of methoxy groups -OCH3 is 1. The van der Waals surface area contributed by atoms with Crippen molar-refractivity contribution in [3.8, 4) is 17.6 Å². The van der Waals surface area contributed by atoms with Crippen LogP contribution in [-0.4, -0.2) is 34.1 Å². The molecule has 0 aliphatic carbocycles. The summed E-state index contributed by atoms with van der Waals surface area (Å²) in [5.41, 5.74) is 0.194. The largest absolute Gasteiger partial charge is 0.493 e. The number of anilines is 1. The summed E-state index contributed by atoms with van der Waals surface area (Å²) in [7, 11) is 1.36. The number of ether oxygens (including phenoxy) is 2. The van der Waals surface area contributed by atoms with Crippen LogP contribution in [0, 0.1) is 11.3 Å². The highest BCUT2D eigenvalue weighted by Gasteiger charge is 2.19. The van der Waals surface area contributed by atoms with Crippen LogP contribution in [0.3, 0.4) is 0 Å². The summed E-state index contributed by atoms with van der Waals surface area (Å²) in [6, 6.07) is 7.74. The summed E-state index contributed by atoms with van der Waals surface area (Å²) in [6.45, 7) is 1.96. The lowest BCUT2D eigenvalue weighted by Gasteiger charge is -2.11. The van der Waals surface area contributed by atoms with Crippen LogP contribution in [0.2, 0.25) is 5.02 Å². The number of nitrogens with one attached hydrogen (secondary N) is 1. The number of esters is 1. The Balaban J connectivity index is 1.82. The van der Waals surface area contributed by atoms with Crippen LogP contribution in [0.15, 0.2) is 45.7 Å². The molecule has 2 heterocycles. The molecule has 0 aliphatic heterocycles. The van der Waals surface area contributed by atoms with Crippen LogP contribution in [0.25, 0.3) is 6.08 Å². The number of benzene rings is 1. The summed E-state index contributed by atoms with van der Waals surface area (Å²) < 4.78 is 19.6. The third kappa shape index (κ3) is 5.67. The zero-order chi connectivity index (χ0) is 23.1. The minimum absolute atomic E-state index is 0.00676. The van der Waals surface area contributed by atoms with Gasteiger partial charge < -0.3 is 13.9 Å². The molecular weight excluding hydrogens is 476 g/mol. The van der Waals surface area contributed by atoms with Gasteiger partial charge in [-0.05, 0) is 41.7 Å². The topological polar surface area (TPSA) is 127 Å². The predicted octanol–water partition coefficient (Wildman–Crippen LogP) is 4.67. The molecule has 1 aromatic carbocycles. The monoisotopic (exact) mass is 490 g/mol. The van der Waals surface area contributed by atoms with E-state index in [-0.39, 0.29) is 33.0 Å². The van der Waals surface area contributed by atoms with E-state index in [4.69, 9.17) is 25.5 Å². The predicted molar refractivity (Wildman–Crippen MR) is 120 cm³/mol. The zero-order valence-electron chi connectivity index (χ0n) is 16.7. The molecule has 0 fully saturated rings. The second kappa shape index (κ2) is 10.8. The van der Waals surface area contributed by atoms with Crippen molar-refractivity contribution in [3.05, 3.63) is 52.4 Å². The maximum atomic E-state index is 12.5. The smallest absolute Gasteiger partial charge is 0.379 e. The van der Waals surface area contributed by atoms with E-state index < -0.39 is 11.9 Å². The van der Waals surface area contributed by atoms with Crippen LogP contribution < -0.4 is 14.8 Å². The van der Waals surface area contributed by atoms with Crippen LogP contribution in [0.4, 0.5) is 5.13 Å². The Morgan fingerprint density at radius 2 is 2.25 bits per heavy atom. The van der Waals surface area contributed by atoms with Crippen LogP contribution in [0.5, 0.6) is 11.5 Å². The first-order valence-electron chi connectivity index (χ1n) is 8.98. The quantitative estimate of drug-likeness (QED) is 0.157. The number of rotatable bonds is 8. The lowest BCUT2D eigenvalue weighted by Crippen LogP contribution is -2.13. The van der Waals surface area contributed by atoms with E-state index in [9.17, 15) is 14.9 Å². The summed E-state index contributed by atoms with van der Waals surface area (Å²) in [5.74, 6) is -0.513. The second-order valence-electron chi connectivity index (χ2n) is 5.84. The molecule has 0 aliphatic rings. The minimum atomic E-state index is -0.756. The molecular formula is C20H15ClN4O5S2. The number of nitriles is 1. The van der Waals surface area contributed by atoms with Gasteiger partial charge in [0.05, 0.1) is 18.4 Å². The molecule has 0 saturated heterocycles. The van der Waals surface area contributed by atoms with E-state index in [0.29, 0.717) is 10.7 Å². The molecule has 0 bridgehead atoms. The number of hydrogen-bond donors (Lipinski definition) is 1. The number of thioether (sulfide) groups is 1. The lowest BCUT2D eigenvalue weighted by molar-refractivity contribution is -0.112. The molecule has 2 aromatic heterocycles. The van der Waals surface area contributed by atoms with Crippen molar-refractivity contribution in [3.63, 3.8) is 0 Å². The van der Waals surface area contributed by atoms with Gasteiger partial charge in [0.2, 0.25) is 16.0 Å². The van der Waals surface area contributed by atoms with Gasteiger partial charge in [-0.2, -0.15) is 14.6 Å². The molecule has 1 amide bonds. The Hall–Kier alpha value is -3.33. The molecule has 0 spiro atoms. The molecule has 1 N–H and O–H groups in total. The summed E-state index contributed by atoms with van der Waals surface area (Å²) in [6.07, 6.45) is 2.66. The second-order valence-corrected chi connectivity index (χ2v) is 8.23. The van der Waals surface area contributed by atoms with Gasteiger partial charge in [0.25, 0.3) is 5.91 Å². The molecule has 12 heteroatoms. The number of nitrogens with zero attached hydrogens (tertiary/aromatic N) is 3. The van der Waals surface area contributed by atoms with Crippen LogP contribution in [-0.2, 0) is 4.79 Å². The number of carbonyl (C=O) groups is 2. The Morgan fingerprint density at radius 1 is 1.44 bits per heavy atom. The third-order valence-corrected chi connectivity index (χ3v) is 5.50. The fourth-order valence-electron chi connectivity index (χ4n) is 2.39. The average molecular weight is 491 g/mol. The number of aromatic nitrogens is 2. The summed E-state index contributed by atoms with van der Waals surface area (Å²) in [5, 5.41) is 12.9. The highest BCUT2D eigenvalue weighted by molar-refractivity contribution is 7.99. The lowest BCUT2D eigenvalue weighted by atomic mass is 10.1. The van der Waals surface area contributed by atoms with Gasteiger partial charge in [-0.15, -0.1) is 0 Å². The maximum Gasteiger partial charge on any atom is 0.379 e. The zero-order valence-corrected chi connectivity index (χ0v) is 19.1. The van der Waals surface area contributed by atoms with Crippen molar-refractivity contribution in [1.82, 2.24) is 9.36 Å². The van der Waals surface area contributed by atoms with Gasteiger partial charge in [0, 0.05) is 11.5 Å². The van der Waals surface area contributed by atoms with Gasteiger partial charge in [-0.1, -0.05) is 30.3 Å². The highest BCUT2D eigenvalue weighted by atomic mass is 35.5. The molecule has 0 unspecified atom stereocenters. The van der Waals surface area contributed by atoms with E-state index in [2.05, 4.69) is 14.7 Å². The molecule has 3 aromatic rings. The normalized spacial score (nSPS) is 11.0.